The molecule has 0 aliphatic carbocycles. The van der Waals surface area contributed by atoms with Gasteiger partial charge >= 0.3 is 0 Å². The zero-order chi connectivity index (χ0) is 14.9. The third-order valence-electron chi connectivity index (χ3n) is 3.72. The van der Waals surface area contributed by atoms with Crippen molar-refractivity contribution in [1.82, 2.24) is 19.7 Å². The fraction of sp³-hybridized carbons (Fsp3) is 0.500. The van der Waals surface area contributed by atoms with Crippen molar-refractivity contribution >= 4 is 17.6 Å². The van der Waals surface area contributed by atoms with Crippen LogP contribution in [0.25, 0.3) is 0 Å². The summed E-state index contributed by atoms with van der Waals surface area (Å²) in [5, 5.41) is 5.18. The highest BCUT2D eigenvalue weighted by Gasteiger charge is 2.35. The summed E-state index contributed by atoms with van der Waals surface area (Å²) < 4.78 is 7.83. The van der Waals surface area contributed by atoms with E-state index in [2.05, 4.69) is 26.9 Å². The number of thioether (sulfide) groups is 1. The molecule has 1 aliphatic heterocycles. The minimum absolute atomic E-state index is 0.371. The van der Waals surface area contributed by atoms with Gasteiger partial charge in [-0.05, 0) is 13.2 Å². The van der Waals surface area contributed by atoms with Gasteiger partial charge in [0, 0.05) is 25.4 Å². The molecule has 1 aliphatic rings. The predicted octanol–water partition coefficient (Wildman–Crippen LogP) is 1.68. The maximum absolute atomic E-state index is 6.02. The molecule has 1 fully saturated rings. The Labute approximate surface area is 128 Å². The molecule has 112 valence electrons. The molecule has 1 saturated heterocycles. The maximum Gasteiger partial charge on any atom is 0.148 e. The van der Waals surface area contributed by atoms with Crippen molar-refractivity contribution in [1.29, 1.82) is 0 Å². The van der Waals surface area contributed by atoms with Crippen LogP contribution in [0.15, 0.2) is 29.8 Å². The van der Waals surface area contributed by atoms with E-state index in [0.717, 1.165) is 29.5 Å². The fourth-order valence-corrected chi connectivity index (χ4v) is 2.87. The highest BCUT2D eigenvalue weighted by molar-refractivity contribution is 7.98. The number of ether oxygens (including phenoxy) is 1. The van der Waals surface area contributed by atoms with E-state index in [0.29, 0.717) is 6.61 Å². The number of aryl methyl sites for hydroxylation is 1. The summed E-state index contributed by atoms with van der Waals surface area (Å²) in [7, 11) is 1.92. The number of rotatable bonds is 3. The van der Waals surface area contributed by atoms with Crippen LogP contribution in [0.5, 0.6) is 0 Å². The van der Waals surface area contributed by atoms with Gasteiger partial charge in [0.05, 0.1) is 31.7 Å². The lowest BCUT2D eigenvalue weighted by molar-refractivity contribution is -0.0468. The van der Waals surface area contributed by atoms with E-state index < -0.39 is 0 Å². The first kappa shape index (κ1) is 14.3. The average Bonchev–Trinajstić information content (AvgIpc) is 2.95. The monoisotopic (exact) mass is 305 g/mol. The van der Waals surface area contributed by atoms with E-state index in [1.54, 1.807) is 22.6 Å². The fourth-order valence-electron chi connectivity index (χ4n) is 2.52. The second kappa shape index (κ2) is 5.65. The first-order chi connectivity index (χ1) is 10.1. The van der Waals surface area contributed by atoms with Crippen LogP contribution in [0, 0.1) is 0 Å². The summed E-state index contributed by atoms with van der Waals surface area (Å²) in [6, 6.07) is 0. The number of hydrogen-bond donors (Lipinski definition) is 0. The van der Waals surface area contributed by atoms with Gasteiger partial charge in [0.25, 0.3) is 0 Å². The molecule has 0 N–H and O–H groups in total. The zero-order valence-corrected chi connectivity index (χ0v) is 13.3. The van der Waals surface area contributed by atoms with Crippen molar-refractivity contribution in [2.75, 3.05) is 30.9 Å². The van der Waals surface area contributed by atoms with E-state index in [9.17, 15) is 0 Å². The third kappa shape index (κ3) is 2.89. The highest BCUT2D eigenvalue weighted by atomic mass is 32.2. The Morgan fingerprint density at radius 2 is 2.19 bits per heavy atom. The molecular weight excluding hydrogens is 286 g/mol. The summed E-state index contributed by atoms with van der Waals surface area (Å²) in [6.07, 6.45) is 9.48. The van der Waals surface area contributed by atoms with Gasteiger partial charge in [0.15, 0.2) is 0 Å². The topological polar surface area (TPSA) is 56.1 Å². The van der Waals surface area contributed by atoms with Crippen molar-refractivity contribution in [2.45, 2.75) is 17.6 Å². The molecular formula is C14H19N5OS. The van der Waals surface area contributed by atoms with Gasteiger partial charge in [-0.25, -0.2) is 4.98 Å². The Morgan fingerprint density at radius 3 is 2.90 bits per heavy atom. The van der Waals surface area contributed by atoms with Crippen LogP contribution < -0.4 is 4.90 Å². The van der Waals surface area contributed by atoms with Gasteiger partial charge < -0.3 is 9.64 Å². The SMILES string of the molecule is CSc1cncc(N2CCOC(C)(c3cnn(C)c3)C2)n1. The molecule has 2 aromatic rings. The maximum atomic E-state index is 6.02. The molecule has 3 rings (SSSR count). The molecule has 0 aromatic carbocycles. The molecule has 7 heteroatoms. The molecule has 0 amide bonds. The summed E-state index contributed by atoms with van der Waals surface area (Å²) in [5.74, 6) is 0.903. The van der Waals surface area contributed by atoms with Crippen LogP contribution in [0.4, 0.5) is 5.82 Å². The quantitative estimate of drug-likeness (QED) is 0.804. The van der Waals surface area contributed by atoms with Crippen molar-refractivity contribution < 1.29 is 4.74 Å². The van der Waals surface area contributed by atoms with Gasteiger partial charge in [0.1, 0.15) is 16.4 Å². The Morgan fingerprint density at radius 1 is 1.33 bits per heavy atom. The average molecular weight is 305 g/mol. The van der Waals surface area contributed by atoms with Crippen LogP contribution in [-0.4, -0.2) is 45.7 Å². The van der Waals surface area contributed by atoms with Crippen LogP contribution in [0.1, 0.15) is 12.5 Å². The molecule has 3 heterocycles. The molecule has 21 heavy (non-hydrogen) atoms. The first-order valence-electron chi connectivity index (χ1n) is 6.85. The highest BCUT2D eigenvalue weighted by Crippen LogP contribution is 2.31. The van der Waals surface area contributed by atoms with Crippen molar-refractivity contribution in [3.8, 4) is 0 Å². The largest absolute Gasteiger partial charge is 0.367 e. The lowest BCUT2D eigenvalue weighted by Gasteiger charge is -2.40. The standard InChI is InChI=1S/C14H19N5OS/c1-14(11-6-16-18(2)9-11)10-19(4-5-20-14)12-7-15-8-13(17-12)21-3/h6-9H,4-5,10H2,1-3H3. The Kier molecular flexibility index (Phi) is 3.86. The molecule has 1 unspecified atom stereocenters. The predicted molar refractivity (Wildman–Crippen MR) is 82.5 cm³/mol. The van der Waals surface area contributed by atoms with Gasteiger partial charge in [-0.15, -0.1) is 11.8 Å². The summed E-state index contributed by atoms with van der Waals surface area (Å²) in [4.78, 5) is 11.1. The second-order valence-electron chi connectivity index (χ2n) is 5.32. The van der Waals surface area contributed by atoms with Crippen LogP contribution in [-0.2, 0) is 17.4 Å². The van der Waals surface area contributed by atoms with Gasteiger partial charge in [-0.2, -0.15) is 5.10 Å². The van der Waals surface area contributed by atoms with Crippen molar-refractivity contribution in [3.05, 3.63) is 30.4 Å². The third-order valence-corrected chi connectivity index (χ3v) is 4.34. The van der Waals surface area contributed by atoms with Crippen molar-refractivity contribution in [2.24, 2.45) is 7.05 Å². The van der Waals surface area contributed by atoms with Crippen LogP contribution in [0.3, 0.4) is 0 Å². The number of morpholine rings is 1. The number of nitrogens with zero attached hydrogens (tertiary/aromatic N) is 5. The molecule has 0 saturated carbocycles. The van der Waals surface area contributed by atoms with E-state index in [-0.39, 0.29) is 5.60 Å². The molecule has 2 aromatic heterocycles. The van der Waals surface area contributed by atoms with Gasteiger partial charge in [-0.1, -0.05) is 0 Å². The molecule has 1 atom stereocenters. The minimum Gasteiger partial charge on any atom is -0.367 e. The molecule has 0 bridgehead atoms. The smallest absolute Gasteiger partial charge is 0.148 e. The van der Waals surface area contributed by atoms with Crippen LogP contribution >= 0.6 is 11.8 Å². The first-order valence-corrected chi connectivity index (χ1v) is 8.07. The van der Waals surface area contributed by atoms with E-state index >= 15 is 0 Å². The van der Waals surface area contributed by atoms with Gasteiger partial charge in [-0.3, -0.25) is 9.67 Å². The van der Waals surface area contributed by atoms with Crippen molar-refractivity contribution in [3.63, 3.8) is 0 Å². The normalized spacial score (nSPS) is 22.5. The summed E-state index contributed by atoms with van der Waals surface area (Å²) in [5.41, 5.74) is 0.715. The van der Waals surface area contributed by atoms with E-state index in [1.807, 2.05) is 31.9 Å². The second-order valence-corrected chi connectivity index (χ2v) is 6.15. The molecule has 6 nitrogen and oxygen atoms in total. The minimum atomic E-state index is -0.371. The summed E-state index contributed by atoms with van der Waals surface area (Å²) in [6.45, 7) is 4.33. The summed E-state index contributed by atoms with van der Waals surface area (Å²) >= 11 is 1.60. The lowest BCUT2D eigenvalue weighted by Crippen LogP contribution is -2.48. The Bertz CT molecular complexity index is 631. The van der Waals surface area contributed by atoms with E-state index in [4.69, 9.17) is 4.74 Å². The molecule has 0 spiro atoms. The molecule has 0 radical (unpaired) electrons. The Balaban J connectivity index is 1.85. The Hall–Kier alpha value is -1.60. The number of aromatic nitrogens is 4. The number of hydrogen-bond acceptors (Lipinski definition) is 6. The zero-order valence-electron chi connectivity index (χ0n) is 12.5. The van der Waals surface area contributed by atoms with E-state index in [1.165, 1.54) is 0 Å². The van der Waals surface area contributed by atoms with Gasteiger partial charge in [0.2, 0.25) is 0 Å². The van der Waals surface area contributed by atoms with Crippen LogP contribution in [0.2, 0.25) is 0 Å². The number of anilines is 1. The lowest BCUT2D eigenvalue weighted by atomic mass is 9.97.